The molecule has 0 fully saturated rings. The minimum absolute atomic E-state index is 0.142. The minimum Gasteiger partial charge on any atom is -0.343 e. The molecule has 150 valence electrons. The van der Waals surface area contributed by atoms with Gasteiger partial charge in [0.2, 0.25) is 5.82 Å². The van der Waals surface area contributed by atoms with Gasteiger partial charge in [-0.05, 0) is 36.6 Å². The Morgan fingerprint density at radius 3 is 2.57 bits per heavy atom. The van der Waals surface area contributed by atoms with Crippen molar-refractivity contribution in [2.45, 2.75) is 32.2 Å². The van der Waals surface area contributed by atoms with Crippen molar-refractivity contribution >= 4 is 39.2 Å². The van der Waals surface area contributed by atoms with Gasteiger partial charge in [0.25, 0.3) is 5.91 Å². The number of carbonyl (C=O) groups excluding carboxylic acids is 2. The van der Waals surface area contributed by atoms with Gasteiger partial charge >= 0.3 is 0 Å². The van der Waals surface area contributed by atoms with Crippen LogP contribution < -0.4 is 5.32 Å². The van der Waals surface area contributed by atoms with Crippen molar-refractivity contribution in [3.8, 4) is 0 Å². The fraction of sp³-hybridized carbons (Fsp3) is 0.217. The van der Waals surface area contributed by atoms with Crippen molar-refractivity contribution < 1.29 is 9.59 Å². The van der Waals surface area contributed by atoms with Gasteiger partial charge in [-0.3, -0.25) is 14.7 Å². The molecule has 0 saturated carbocycles. The fourth-order valence-corrected chi connectivity index (χ4v) is 3.90. The van der Waals surface area contributed by atoms with E-state index in [-0.39, 0.29) is 23.6 Å². The number of aromatic nitrogens is 4. The van der Waals surface area contributed by atoms with E-state index < -0.39 is 0 Å². The Kier molecular flexibility index (Phi) is 4.43. The molecule has 0 saturated heterocycles. The highest BCUT2D eigenvalue weighted by molar-refractivity contribution is 6.02. The number of nitrogens with one attached hydrogen (secondary N) is 3. The van der Waals surface area contributed by atoms with Crippen LogP contribution in [0.25, 0.3) is 27.5 Å². The van der Waals surface area contributed by atoms with Crippen LogP contribution in [0.5, 0.6) is 0 Å². The molecule has 0 unspecified atom stereocenters. The highest BCUT2D eigenvalue weighted by Gasteiger charge is 2.19. The second-order valence-electron chi connectivity index (χ2n) is 7.64. The highest BCUT2D eigenvalue weighted by atomic mass is 16.2. The zero-order valence-electron chi connectivity index (χ0n) is 16.5. The smallest absolute Gasteiger partial charge is 0.289 e. The lowest BCUT2D eigenvalue weighted by Crippen LogP contribution is -2.27. The predicted molar refractivity (Wildman–Crippen MR) is 115 cm³/mol. The zero-order chi connectivity index (χ0) is 20.7. The highest BCUT2D eigenvalue weighted by Crippen LogP contribution is 2.31. The molecule has 0 aliphatic heterocycles. The van der Waals surface area contributed by atoms with Gasteiger partial charge in [0, 0.05) is 18.2 Å². The van der Waals surface area contributed by atoms with E-state index in [9.17, 15) is 9.59 Å². The van der Waals surface area contributed by atoms with Crippen LogP contribution in [0.4, 0.5) is 0 Å². The van der Waals surface area contributed by atoms with Gasteiger partial charge in [0.1, 0.15) is 5.78 Å². The lowest BCUT2D eigenvalue weighted by molar-refractivity contribution is -0.118. The van der Waals surface area contributed by atoms with Crippen LogP contribution in [0.1, 0.15) is 54.1 Å². The number of H-pyrrole nitrogens is 2. The minimum atomic E-state index is -0.300. The van der Waals surface area contributed by atoms with E-state index in [0.717, 1.165) is 34.2 Å². The molecule has 2 aromatic carbocycles. The van der Waals surface area contributed by atoms with Crippen molar-refractivity contribution in [2.24, 2.45) is 0 Å². The molecule has 0 bridgehead atoms. The zero-order valence-corrected chi connectivity index (χ0v) is 16.5. The fourth-order valence-electron chi connectivity index (χ4n) is 3.90. The number of allylic oxidation sites excluding steroid dienone is 2. The van der Waals surface area contributed by atoms with E-state index in [1.807, 2.05) is 55.5 Å². The van der Waals surface area contributed by atoms with Crippen molar-refractivity contribution in [3.05, 3.63) is 65.6 Å². The van der Waals surface area contributed by atoms with Crippen LogP contribution >= 0.6 is 0 Å². The third kappa shape index (κ3) is 3.28. The normalized spacial score (nSPS) is 15.4. The average molecular weight is 399 g/mol. The number of aromatic amines is 2. The van der Waals surface area contributed by atoms with Gasteiger partial charge < -0.3 is 10.4 Å². The van der Waals surface area contributed by atoms with E-state index in [1.54, 1.807) is 0 Å². The van der Waals surface area contributed by atoms with E-state index in [1.165, 1.54) is 0 Å². The largest absolute Gasteiger partial charge is 0.343 e. The summed E-state index contributed by atoms with van der Waals surface area (Å²) in [6.07, 6.45) is 3.74. The Labute approximate surface area is 172 Å². The van der Waals surface area contributed by atoms with Gasteiger partial charge in [-0.15, -0.1) is 0 Å². The molecule has 1 aliphatic rings. The number of hydrogen-bond acceptors (Lipinski definition) is 4. The van der Waals surface area contributed by atoms with Crippen LogP contribution in [0.2, 0.25) is 0 Å². The number of ketones is 1. The number of nitrogens with zero attached hydrogens (tertiary/aromatic N) is 2. The molecule has 0 spiro atoms. The van der Waals surface area contributed by atoms with Crippen molar-refractivity contribution in [1.82, 2.24) is 25.5 Å². The molecule has 30 heavy (non-hydrogen) atoms. The van der Waals surface area contributed by atoms with Crippen molar-refractivity contribution in [2.75, 3.05) is 0 Å². The molecule has 2 aromatic heterocycles. The van der Waals surface area contributed by atoms with Crippen molar-refractivity contribution in [1.29, 1.82) is 0 Å². The Bertz CT molecular complexity index is 1300. The number of fused-ring (bicyclic) bond motifs is 2. The molecular formula is C23H21N5O2. The monoisotopic (exact) mass is 399 g/mol. The van der Waals surface area contributed by atoms with Gasteiger partial charge in [-0.2, -0.15) is 0 Å². The van der Waals surface area contributed by atoms with Gasteiger partial charge in [-0.1, -0.05) is 36.4 Å². The average Bonchev–Trinajstić information content (AvgIpc) is 3.37. The van der Waals surface area contributed by atoms with Crippen LogP contribution in [-0.2, 0) is 4.79 Å². The molecular weight excluding hydrogens is 378 g/mol. The quantitative estimate of drug-likeness (QED) is 0.481. The number of hydrogen-bond donors (Lipinski definition) is 3. The summed E-state index contributed by atoms with van der Waals surface area (Å²) in [7, 11) is 0. The topological polar surface area (TPSA) is 104 Å². The number of Topliss-reactive ketones (excluding diaryl/α,β-unsaturated/α-hetero) is 1. The second-order valence-corrected chi connectivity index (χ2v) is 7.64. The van der Waals surface area contributed by atoms with E-state index in [4.69, 9.17) is 0 Å². The third-order valence-corrected chi connectivity index (χ3v) is 5.58. The Hall–Kier alpha value is -3.74. The maximum absolute atomic E-state index is 12.7. The van der Waals surface area contributed by atoms with Gasteiger partial charge in [0.15, 0.2) is 0 Å². The SMILES string of the molecule is C[C@@H](NC(=O)c1nc2cc3[nH][nH]c(C4=CCC(=O)CC4)c3cc2n1)c1ccccc1. The van der Waals surface area contributed by atoms with Crippen LogP contribution in [-0.4, -0.2) is 31.9 Å². The summed E-state index contributed by atoms with van der Waals surface area (Å²) in [5.74, 6) is 0.128. The van der Waals surface area contributed by atoms with E-state index in [2.05, 4.69) is 25.5 Å². The Morgan fingerprint density at radius 2 is 1.83 bits per heavy atom. The first-order valence-corrected chi connectivity index (χ1v) is 10.0. The Morgan fingerprint density at radius 1 is 1.07 bits per heavy atom. The maximum atomic E-state index is 12.7. The maximum Gasteiger partial charge on any atom is 0.289 e. The second kappa shape index (κ2) is 7.26. The summed E-state index contributed by atoms with van der Waals surface area (Å²) in [5.41, 5.74) is 5.33. The molecule has 3 N–H and O–H groups in total. The molecule has 1 aliphatic carbocycles. The lowest BCUT2D eigenvalue weighted by atomic mass is 9.94. The molecule has 2 heterocycles. The summed E-state index contributed by atoms with van der Waals surface area (Å²) >= 11 is 0. The van der Waals surface area contributed by atoms with Gasteiger partial charge in [-0.25, -0.2) is 9.97 Å². The van der Waals surface area contributed by atoms with Crippen LogP contribution in [0, 0.1) is 0 Å². The summed E-state index contributed by atoms with van der Waals surface area (Å²) < 4.78 is 0. The number of amides is 1. The first kappa shape index (κ1) is 18.3. The summed E-state index contributed by atoms with van der Waals surface area (Å²) in [6.45, 7) is 1.93. The van der Waals surface area contributed by atoms with Crippen LogP contribution in [0.15, 0.2) is 48.5 Å². The summed E-state index contributed by atoms with van der Waals surface area (Å²) in [5, 5.41) is 10.3. The standard InChI is InChI=1S/C23H21N5O2/c1-13(14-5-3-2-4-6-14)24-23(30)22-25-19-11-17-18(12-20(19)26-22)27-28-21(17)15-7-9-16(29)10-8-15/h2-7,11-13,27-28H,8-10H2,1H3,(H,24,30)/t13-/m1/s1. The van der Waals surface area contributed by atoms with E-state index in [0.29, 0.717) is 23.9 Å². The summed E-state index contributed by atoms with van der Waals surface area (Å²) in [6, 6.07) is 13.5. The molecule has 7 heteroatoms. The molecule has 1 amide bonds. The molecule has 5 rings (SSSR count). The first-order chi connectivity index (χ1) is 14.6. The lowest BCUT2D eigenvalue weighted by Gasteiger charge is -2.12. The van der Waals surface area contributed by atoms with E-state index >= 15 is 0 Å². The van der Waals surface area contributed by atoms with Gasteiger partial charge in [0.05, 0.1) is 28.3 Å². The first-order valence-electron chi connectivity index (χ1n) is 10.0. The number of carbonyl (C=O) groups is 2. The summed E-state index contributed by atoms with van der Waals surface area (Å²) in [4.78, 5) is 33.1. The molecule has 1 atom stereocenters. The third-order valence-electron chi connectivity index (χ3n) is 5.58. The van der Waals surface area contributed by atoms with Crippen LogP contribution in [0.3, 0.4) is 0 Å². The molecule has 0 radical (unpaired) electrons. The van der Waals surface area contributed by atoms with Crippen molar-refractivity contribution in [3.63, 3.8) is 0 Å². The number of rotatable bonds is 4. The number of imidazole rings is 1. The molecule has 7 nitrogen and oxygen atoms in total. The predicted octanol–water partition coefficient (Wildman–Crippen LogP) is 4.07. The Balaban J connectivity index is 1.45. The number of benzene rings is 2. The molecule has 4 aromatic rings.